The molecule has 1 fully saturated rings. The number of fused-ring (bicyclic) bond motifs is 1. The number of carbonyl (C=O) groups is 2. The van der Waals surface area contributed by atoms with E-state index in [0.29, 0.717) is 30.3 Å². The van der Waals surface area contributed by atoms with Gasteiger partial charge in [-0.2, -0.15) is 0 Å². The maximum Gasteiger partial charge on any atom is 0.322 e. The molecule has 2 N–H and O–H groups in total. The molecule has 19 heavy (non-hydrogen) atoms. The van der Waals surface area contributed by atoms with E-state index in [1.54, 1.807) is 25.1 Å². The van der Waals surface area contributed by atoms with Gasteiger partial charge in [-0.3, -0.25) is 10.1 Å². The Balaban J connectivity index is 2.00. The van der Waals surface area contributed by atoms with Crippen molar-refractivity contribution in [3.63, 3.8) is 0 Å². The van der Waals surface area contributed by atoms with Crippen molar-refractivity contribution >= 4 is 11.9 Å². The van der Waals surface area contributed by atoms with Gasteiger partial charge in [0.1, 0.15) is 5.54 Å². The highest BCUT2D eigenvalue weighted by Gasteiger charge is 2.43. The molecule has 0 saturated carbocycles. The third kappa shape index (κ3) is 1.89. The maximum atomic E-state index is 11.9. The van der Waals surface area contributed by atoms with Gasteiger partial charge in [-0.1, -0.05) is 6.07 Å². The minimum Gasteiger partial charge on any atom is -0.490 e. The van der Waals surface area contributed by atoms with Crippen LogP contribution in [0.5, 0.6) is 11.5 Å². The second-order valence-corrected chi connectivity index (χ2v) is 4.75. The summed E-state index contributed by atoms with van der Waals surface area (Å²) in [4.78, 5) is 23.2. The van der Waals surface area contributed by atoms with Gasteiger partial charge in [0.2, 0.25) is 0 Å². The number of imide groups is 1. The third-order valence-corrected chi connectivity index (χ3v) is 3.37. The summed E-state index contributed by atoms with van der Waals surface area (Å²) in [6.07, 6.45) is 0.818. The molecule has 0 unspecified atom stereocenters. The summed E-state index contributed by atoms with van der Waals surface area (Å²) in [7, 11) is 0. The van der Waals surface area contributed by atoms with Gasteiger partial charge in [-0.05, 0) is 24.6 Å². The normalized spacial score (nSPS) is 25.5. The highest BCUT2D eigenvalue weighted by atomic mass is 16.5. The second-order valence-electron chi connectivity index (χ2n) is 4.75. The molecule has 6 heteroatoms. The first-order chi connectivity index (χ1) is 9.09. The van der Waals surface area contributed by atoms with Crippen LogP contribution in [0.4, 0.5) is 4.79 Å². The molecule has 100 valence electrons. The van der Waals surface area contributed by atoms with E-state index in [4.69, 9.17) is 9.47 Å². The van der Waals surface area contributed by atoms with Crippen molar-refractivity contribution in [2.75, 3.05) is 13.2 Å². The first-order valence-corrected chi connectivity index (χ1v) is 6.13. The van der Waals surface area contributed by atoms with Crippen LogP contribution in [0, 0.1) is 0 Å². The molecule has 6 nitrogen and oxygen atoms in total. The Morgan fingerprint density at radius 3 is 2.58 bits per heavy atom. The molecule has 2 aliphatic rings. The number of hydrogen-bond acceptors (Lipinski definition) is 4. The summed E-state index contributed by atoms with van der Waals surface area (Å²) in [6, 6.07) is 4.78. The van der Waals surface area contributed by atoms with Crippen LogP contribution in [0.2, 0.25) is 0 Å². The van der Waals surface area contributed by atoms with Crippen LogP contribution in [0.25, 0.3) is 0 Å². The molecular formula is C13H14N2O4. The monoisotopic (exact) mass is 262 g/mol. The van der Waals surface area contributed by atoms with Crippen molar-refractivity contribution in [2.45, 2.75) is 18.9 Å². The fourth-order valence-electron chi connectivity index (χ4n) is 2.22. The summed E-state index contributed by atoms with van der Waals surface area (Å²) < 4.78 is 11.1. The molecule has 0 aromatic heterocycles. The largest absolute Gasteiger partial charge is 0.490 e. The zero-order valence-corrected chi connectivity index (χ0v) is 10.5. The quantitative estimate of drug-likeness (QED) is 0.737. The Labute approximate surface area is 110 Å². The van der Waals surface area contributed by atoms with Crippen molar-refractivity contribution < 1.29 is 19.1 Å². The van der Waals surface area contributed by atoms with Gasteiger partial charge in [-0.15, -0.1) is 0 Å². The molecular weight excluding hydrogens is 248 g/mol. The molecule has 1 aromatic carbocycles. The van der Waals surface area contributed by atoms with E-state index in [1.807, 2.05) is 0 Å². The number of rotatable bonds is 1. The number of nitrogens with one attached hydrogen (secondary N) is 2. The number of urea groups is 1. The molecule has 3 amide bonds. The summed E-state index contributed by atoms with van der Waals surface area (Å²) in [5.74, 6) is 0.895. The van der Waals surface area contributed by atoms with Crippen LogP contribution in [0.3, 0.4) is 0 Å². The lowest BCUT2D eigenvalue weighted by Crippen LogP contribution is -2.40. The van der Waals surface area contributed by atoms with Crippen LogP contribution in [0.15, 0.2) is 18.2 Å². The fraction of sp³-hybridized carbons (Fsp3) is 0.385. The number of hydrogen-bond donors (Lipinski definition) is 2. The van der Waals surface area contributed by atoms with E-state index in [9.17, 15) is 9.59 Å². The highest BCUT2D eigenvalue weighted by molar-refractivity contribution is 6.07. The van der Waals surface area contributed by atoms with Crippen LogP contribution in [0.1, 0.15) is 18.9 Å². The van der Waals surface area contributed by atoms with Gasteiger partial charge in [0.05, 0.1) is 13.2 Å². The molecule has 0 spiro atoms. The summed E-state index contributed by atoms with van der Waals surface area (Å²) in [5, 5.41) is 4.86. The maximum absolute atomic E-state index is 11.9. The molecule has 2 heterocycles. The van der Waals surface area contributed by atoms with E-state index < -0.39 is 11.6 Å². The summed E-state index contributed by atoms with van der Waals surface area (Å²) >= 11 is 0. The Morgan fingerprint density at radius 2 is 1.89 bits per heavy atom. The molecule has 1 atom stereocenters. The topological polar surface area (TPSA) is 76.7 Å². The van der Waals surface area contributed by atoms with E-state index >= 15 is 0 Å². The Kier molecular flexibility index (Phi) is 2.58. The van der Waals surface area contributed by atoms with Crippen LogP contribution in [-0.4, -0.2) is 25.2 Å². The predicted octanol–water partition coefficient (Wildman–Crippen LogP) is 0.902. The summed E-state index contributed by atoms with van der Waals surface area (Å²) in [5.41, 5.74) is -0.401. The average molecular weight is 262 g/mol. The van der Waals surface area contributed by atoms with Gasteiger partial charge < -0.3 is 14.8 Å². The lowest BCUT2D eigenvalue weighted by Gasteiger charge is -2.22. The van der Waals surface area contributed by atoms with Gasteiger partial charge in [0.25, 0.3) is 5.91 Å². The van der Waals surface area contributed by atoms with Crippen molar-refractivity contribution in [1.82, 2.24) is 10.6 Å². The Morgan fingerprint density at radius 1 is 1.16 bits per heavy atom. The van der Waals surface area contributed by atoms with Crippen LogP contribution in [-0.2, 0) is 10.3 Å². The van der Waals surface area contributed by atoms with Crippen molar-refractivity contribution in [2.24, 2.45) is 0 Å². The number of carbonyl (C=O) groups excluding carboxylic acids is 2. The number of benzene rings is 1. The molecule has 1 saturated heterocycles. The second kappa shape index (κ2) is 4.15. The SMILES string of the molecule is C[C@]1(c2ccc3c(c2)OCCCO3)NC(=O)NC1=O. The van der Waals surface area contributed by atoms with Crippen molar-refractivity contribution in [3.05, 3.63) is 23.8 Å². The molecule has 1 aromatic rings. The number of ether oxygens (including phenoxy) is 2. The molecule has 0 aliphatic carbocycles. The van der Waals surface area contributed by atoms with Crippen LogP contribution >= 0.6 is 0 Å². The minimum absolute atomic E-state index is 0.369. The minimum atomic E-state index is -1.07. The predicted molar refractivity (Wildman–Crippen MR) is 66.1 cm³/mol. The smallest absolute Gasteiger partial charge is 0.322 e. The van der Waals surface area contributed by atoms with Gasteiger partial charge >= 0.3 is 6.03 Å². The van der Waals surface area contributed by atoms with E-state index in [2.05, 4.69) is 10.6 Å². The van der Waals surface area contributed by atoms with E-state index in [-0.39, 0.29) is 5.91 Å². The Bertz CT molecular complexity index is 558. The zero-order valence-electron chi connectivity index (χ0n) is 10.5. The summed E-state index contributed by atoms with van der Waals surface area (Å²) in [6.45, 7) is 2.85. The average Bonchev–Trinajstić information content (AvgIpc) is 2.57. The molecule has 2 aliphatic heterocycles. The zero-order chi connectivity index (χ0) is 13.5. The molecule has 0 bridgehead atoms. The lowest BCUT2D eigenvalue weighted by molar-refractivity contribution is -0.123. The first kappa shape index (κ1) is 11.8. The highest BCUT2D eigenvalue weighted by Crippen LogP contribution is 2.35. The fourth-order valence-corrected chi connectivity index (χ4v) is 2.22. The van der Waals surface area contributed by atoms with Gasteiger partial charge in [0.15, 0.2) is 11.5 Å². The number of amides is 3. The van der Waals surface area contributed by atoms with Gasteiger partial charge in [0, 0.05) is 6.42 Å². The first-order valence-electron chi connectivity index (χ1n) is 6.13. The van der Waals surface area contributed by atoms with Gasteiger partial charge in [-0.25, -0.2) is 4.79 Å². The van der Waals surface area contributed by atoms with E-state index in [1.165, 1.54) is 0 Å². The van der Waals surface area contributed by atoms with Crippen molar-refractivity contribution in [3.8, 4) is 11.5 Å². The van der Waals surface area contributed by atoms with Crippen molar-refractivity contribution in [1.29, 1.82) is 0 Å². The lowest BCUT2D eigenvalue weighted by atomic mass is 9.92. The third-order valence-electron chi connectivity index (χ3n) is 3.37. The molecule has 0 radical (unpaired) electrons. The standard InChI is InChI=1S/C13H14N2O4/c1-13(11(16)14-12(17)15-13)8-3-4-9-10(7-8)19-6-2-5-18-9/h3-4,7H,2,5-6H2,1H3,(H2,14,15,16,17)/t13-/m1/s1. The molecule has 3 rings (SSSR count). The van der Waals surface area contributed by atoms with Crippen LogP contribution < -0.4 is 20.1 Å². The van der Waals surface area contributed by atoms with E-state index in [0.717, 1.165) is 6.42 Å². The Hall–Kier alpha value is -2.24.